The Kier molecular flexibility index (Phi) is 6.19. The molecular formula is C35H28F3N3O6S. The molecule has 5 aliphatic rings. The number of benzene rings is 2. The molecule has 3 aliphatic carbocycles. The van der Waals surface area contributed by atoms with E-state index in [0.717, 1.165) is 48.4 Å². The van der Waals surface area contributed by atoms with Crippen molar-refractivity contribution in [3.63, 3.8) is 0 Å². The summed E-state index contributed by atoms with van der Waals surface area (Å²) in [6.45, 7) is -0.277. The topological polar surface area (TPSA) is 90.3 Å². The summed E-state index contributed by atoms with van der Waals surface area (Å²) in [5.41, 5.74) is 2.06. The minimum absolute atomic E-state index is 0.0369. The molecule has 0 N–H and O–H groups in total. The number of piperidine rings is 1. The van der Waals surface area contributed by atoms with Crippen molar-refractivity contribution >= 4 is 23.4 Å². The molecule has 9 nitrogen and oxygen atoms in total. The predicted molar refractivity (Wildman–Crippen MR) is 168 cm³/mol. The van der Waals surface area contributed by atoms with Crippen LogP contribution in [0.1, 0.15) is 64.5 Å². The second-order valence-electron chi connectivity index (χ2n) is 13.1. The molecule has 1 saturated heterocycles. The maximum Gasteiger partial charge on any atom is 0.510 e. The normalized spacial score (nSPS) is 21.8. The number of amides is 1. The van der Waals surface area contributed by atoms with E-state index in [-0.39, 0.29) is 22.4 Å². The number of carbonyl (C=O) groups excluding carboxylic acids is 2. The monoisotopic (exact) mass is 675 g/mol. The number of pyridine rings is 1. The van der Waals surface area contributed by atoms with Gasteiger partial charge in [0.25, 0.3) is 11.8 Å². The number of rotatable bonds is 4. The zero-order chi connectivity index (χ0) is 33.1. The Morgan fingerprint density at radius 3 is 2.65 bits per heavy atom. The summed E-state index contributed by atoms with van der Waals surface area (Å²) >= 11 is 1.36. The lowest BCUT2D eigenvalue weighted by Gasteiger charge is -2.53. The number of hydrogen-bond acceptors (Lipinski definition) is 8. The molecule has 2 aromatic carbocycles. The first kappa shape index (κ1) is 29.4. The standard InChI is InChI=1S/C35H28F3N3O6S/c1-45-33(44)47-17-46-30-23(42)8-12-40-29(30)32(43)39-13-11-34(9-10-34)15-24(39)41(40)28-19-4-2-3-5-20(19)31-25-18(16-48-31)14-35(37,38)27-22(36)7-6-21(28)26(25)27/h2-8,12,16,24,28H,9-11,13-15,17H2,1H3/t24-,28-/m1/s1. The average Bonchev–Trinajstić information content (AvgIpc) is 3.71. The lowest BCUT2D eigenvalue weighted by molar-refractivity contribution is -0.00827. The largest absolute Gasteiger partial charge is 0.510 e. The first-order valence-corrected chi connectivity index (χ1v) is 16.6. The maximum atomic E-state index is 15.9. The van der Waals surface area contributed by atoms with Crippen molar-refractivity contribution in [2.24, 2.45) is 5.41 Å². The fourth-order valence-electron chi connectivity index (χ4n) is 8.18. The van der Waals surface area contributed by atoms with Gasteiger partial charge in [0, 0.05) is 41.2 Å². The van der Waals surface area contributed by atoms with Crippen LogP contribution < -0.4 is 15.2 Å². The number of ether oxygens (including phenoxy) is 3. The van der Waals surface area contributed by atoms with Crippen molar-refractivity contribution in [3.05, 3.63) is 98.0 Å². The number of fused-ring (bicyclic) bond motifs is 4. The highest BCUT2D eigenvalue weighted by Crippen LogP contribution is 2.60. The van der Waals surface area contributed by atoms with Crippen LogP contribution in [-0.2, 0) is 21.8 Å². The molecule has 0 bridgehead atoms. The van der Waals surface area contributed by atoms with E-state index in [0.29, 0.717) is 29.7 Å². The molecule has 2 atom stereocenters. The molecule has 0 unspecified atom stereocenters. The van der Waals surface area contributed by atoms with Gasteiger partial charge in [-0.25, -0.2) is 18.0 Å². The van der Waals surface area contributed by atoms with Crippen LogP contribution in [0.25, 0.3) is 21.6 Å². The fourth-order valence-corrected chi connectivity index (χ4v) is 9.31. The highest BCUT2D eigenvalue weighted by atomic mass is 32.1. The highest BCUT2D eigenvalue weighted by Gasteiger charge is 2.56. The molecular weight excluding hydrogens is 647 g/mol. The molecule has 1 spiro atoms. The van der Waals surface area contributed by atoms with Gasteiger partial charge in [-0.05, 0) is 64.8 Å². The van der Waals surface area contributed by atoms with Gasteiger partial charge in [0.2, 0.25) is 18.0 Å². The Bertz CT molecular complexity index is 2120. The number of halogens is 3. The molecule has 1 amide bonds. The van der Waals surface area contributed by atoms with Crippen LogP contribution in [0, 0.1) is 11.2 Å². The predicted octanol–water partition coefficient (Wildman–Crippen LogP) is 6.55. The minimum atomic E-state index is -3.45. The van der Waals surface area contributed by atoms with Crippen LogP contribution in [0.3, 0.4) is 0 Å². The number of hydrogen-bond donors (Lipinski definition) is 0. The Hall–Kier alpha value is -4.78. The third-order valence-corrected chi connectivity index (χ3v) is 11.6. The van der Waals surface area contributed by atoms with E-state index in [9.17, 15) is 14.4 Å². The van der Waals surface area contributed by atoms with Crippen molar-refractivity contribution in [3.8, 4) is 27.3 Å². The summed E-state index contributed by atoms with van der Waals surface area (Å²) < 4.78 is 64.2. The molecule has 48 heavy (non-hydrogen) atoms. The summed E-state index contributed by atoms with van der Waals surface area (Å²) in [4.78, 5) is 41.8. The third kappa shape index (κ3) is 4.06. The summed E-state index contributed by atoms with van der Waals surface area (Å²) in [6, 6.07) is 10.8. The molecule has 9 rings (SSSR count). The highest BCUT2D eigenvalue weighted by molar-refractivity contribution is 7.14. The number of nitrogens with zero attached hydrogens (tertiary/aromatic N) is 3. The van der Waals surface area contributed by atoms with E-state index in [1.165, 1.54) is 23.6 Å². The van der Waals surface area contributed by atoms with Crippen molar-refractivity contribution in [2.45, 2.75) is 50.2 Å². The second-order valence-corrected chi connectivity index (χ2v) is 14.0. The van der Waals surface area contributed by atoms with Crippen molar-refractivity contribution in [2.75, 3.05) is 25.5 Å². The number of methoxy groups -OCH3 is 1. The van der Waals surface area contributed by atoms with E-state index in [4.69, 9.17) is 9.47 Å². The minimum Gasteiger partial charge on any atom is -0.451 e. The number of alkyl halides is 2. The van der Waals surface area contributed by atoms with Gasteiger partial charge in [-0.15, -0.1) is 11.3 Å². The number of thiophene rings is 1. The Morgan fingerprint density at radius 1 is 1.04 bits per heavy atom. The average molecular weight is 676 g/mol. The molecule has 246 valence electrons. The second kappa shape index (κ2) is 10.1. The Labute approximate surface area is 276 Å². The van der Waals surface area contributed by atoms with Crippen LogP contribution in [0.4, 0.5) is 18.0 Å². The van der Waals surface area contributed by atoms with Crippen molar-refractivity contribution < 1.29 is 37.0 Å². The number of carbonyl (C=O) groups is 2. The molecule has 4 aromatic rings. The van der Waals surface area contributed by atoms with Crippen LogP contribution in [0.15, 0.2) is 58.8 Å². The SMILES string of the molecule is COC(=O)OCOc1c2n(ccc1=O)N([C@@H]1c3ccccc3-c3scc4c3-c3c1ccc(F)c3C(F)(F)C4)[C@@H]1CC3(CCN1C2=O)CC3. The Balaban J connectivity index is 1.32. The smallest absolute Gasteiger partial charge is 0.451 e. The maximum absolute atomic E-state index is 15.9. The zero-order valence-corrected chi connectivity index (χ0v) is 26.5. The summed E-state index contributed by atoms with van der Waals surface area (Å²) in [5.74, 6) is -5.18. The van der Waals surface area contributed by atoms with Gasteiger partial charge in [0.1, 0.15) is 12.0 Å². The first-order valence-electron chi connectivity index (χ1n) is 15.7. The summed E-state index contributed by atoms with van der Waals surface area (Å²) in [7, 11) is 1.13. The van der Waals surface area contributed by atoms with Gasteiger partial charge in [-0.2, -0.15) is 0 Å². The molecule has 2 fully saturated rings. The van der Waals surface area contributed by atoms with Crippen molar-refractivity contribution in [1.82, 2.24) is 9.58 Å². The summed E-state index contributed by atoms with van der Waals surface area (Å²) in [6.07, 6.45) is 2.76. The van der Waals surface area contributed by atoms with Crippen LogP contribution in [0.5, 0.6) is 5.75 Å². The summed E-state index contributed by atoms with van der Waals surface area (Å²) in [5, 5.41) is 3.71. The fraction of sp³-hybridized carbons (Fsp3) is 0.343. The molecule has 2 aliphatic heterocycles. The number of aromatic nitrogens is 1. The van der Waals surface area contributed by atoms with Crippen molar-refractivity contribution in [1.29, 1.82) is 0 Å². The molecule has 2 aromatic heterocycles. The molecule has 0 radical (unpaired) electrons. The Morgan fingerprint density at radius 2 is 1.85 bits per heavy atom. The van der Waals surface area contributed by atoms with Gasteiger partial charge in [0.15, 0.2) is 5.69 Å². The third-order valence-electron chi connectivity index (χ3n) is 10.6. The molecule has 4 heterocycles. The van der Waals surface area contributed by atoms with E-state index >= 15 is 13.2 Å². The van der Waals surface area contributed by atoms with E-state index < -0.39 is 60.2 Å². The lowest BCUT2D eigenvalue weighted by Crippen LogP contribution is -2.65. The van der Waals surface area contributed by atoms with Gasteiger partial charge in [-0.3, -0.25) is 19.3 Å². The molecule has 13 heteroatoms. The zero-order valence-electron chi connectivity index (χ0n) is 25.6. The van der Waals surface area contributed by atoms with Gasteiger partial charge in [-0.1, -0.05) is 30.3 Å². The van der Waals surface area contributed by atoms with E-state index in [1.54, 1.807) is 21.0 Å². The van der Waals surface area contributed by atoms with Crippen LogP contribution >= 0.6 is 11.3 Å². The van der Waals surface area contributed by atoms with Gasteiger partial charge in [0.05, 0.1) is 18.7 Å². The van der Waals surface area contributed by atoms with E-state index in [1.807, 2.05) is 29.3 Å². The van der Waals surface area contributed by atoms with E-state index in [2.05, 4.69) is 4.74 Å². The quantitative estimate of drug-likeness (QED) is 0.179. The van der Waals surface area contributed by atoms with Crippen LogP contribution in [-0.4, -0.2) is 48.3 Å². The first-order chi connectivity index (χ1) is 23.1. The van der Waals surface area contributed by atoms with Gasteiger partial charge >= 0.3 is 6.16 Å². The molecule has 1 saturated carbocycles. The lowest BCUT2D eigenvalue weighted by atomic mass is 9.80. The van der Waals surface area contributed by atoms with Gasteiger partial charge < -0.3 is 19.1 Å². The van der Waals surface area contributed by atoms with Crippen LogP contribution in [0.2, 0.25) is 0 Å².